The highest BCUT2D eigenvalue weighted by Gasteiger charge is 2.10. The molecule has 2 aromatic rings. The Hall–Kier alpha value is -1.56. The molecule has 1 atom stereocenters. The third-order valence-electron chi connectivity index (χ3n) is 2.91. The summed E-state index contributed by atoms with van der Waals surface area (Å²) in [6.07, 6.45) is 3.06. The van der Waals surface area contributed by atoms with Gasteiger partial charge in [-0.2, -0.15) is 11.8 Å². The maximum absolute atomic E-state index is 10.9. The number of nitrogens with zero attached hydrogens (tertiary/aromatic N) is 3. The number of hydrogen-bond donors (Lipinski definition) is 1. The summed E-state index contributed by atoms with van der Waals surface area (Å²) < 4.78 is 1.77. The summed E-state index contributed by atoms with van der Waals surface area (Å²) in [5.74, 6) is -0.929. The van der Waals surface area contributed by atoms with Crippen LogP contribution in [-0.2, 0) is 6.54 Å². The molecular formula is C12H15N3O2S. The van der Waals surface area contributed by atoms with E-state index in [1.54, 1.807) is 34.6 Å². The zero-order valence-electron chi connectivity index (χ0n) is 10.3. The van der Waals surface area contributed by atoms with Gasteiger partial charge in [0.15, 0.2) is 0 Å². The van der Waals surface area contributed by atoms with Gasteiger partial charge in [0.05, 0.1) is 11.1 Å². The molecule has 0 amide bonds. The smallest absolute Gasteiger partial charge is 0.335 e. The van der Waals surface area contributed by atoms with Gasteiger partial charge in [0.2, 0.25) is 0 Å². The standard InChI is InChI=1S/C12H15N3O2S/c1-8(18-2)5-6-15-11-7-9(12(16)17)3-4-10(11)13-14-15/h3-4,7-8H,5-6H2,1-2H3,(H,16,17). The predicted molar refractivity (Wildman–Crippen MR) is 72.1 cm³/mol. The molecule has 5 nitrogen and oxygen atoms in total. The molecular weight excluding hydrogens is 250 g/mol. The summed E-state index contributed by atoms with van der Waals surface area (Å²) in [4.78, 5) is 10.9. The van der Waals surface area contributed by atoms with Crippen LogP contribution in [0, 0.1) is 0 Å². The van der Waals surface area contributed by atoms with Crippen molar-refractivity contribution < 1.29 is 9.90 Å². The second kappa shape index (κ2) is 5.39. The first-order chi connectivity index (χ1) is 8.61. The average Bonchev–Trinajstić information content (AvgIpc) is 2.78. The van der Waals surface area contributed by atoms with E-state index in [2.05, 4.69) is 23.5 Å². The van der Waals surface area contributed by atoms with Gasteiger partial charge in [-0.25, -0.2) is 9.48 Å². The van der Waals surface area contributed by atoms with E-state index >= 15 is 0 Å². The number of aromatic carboxylic acids is 1. The minimum atomic E-state index is -0.929. The van der Waals surface area contributed by atoms with E-state index in [-0.39, 0.29) is 5.56 Å². The molecule has 0 saturated heterocycles. The summed E-state index contributed by atoms with van der Waals surface area (Å²) in [6, 6.07) is 4.87. The molecule has 0 aliphatic carbocycles. The van der Waals surface area contributed by atoms with E-state index in [4.69, 9.17) is 5.11 Å². The van der Waals surface area contributed by atoms with Crippen LogP contribution in [-0.4, -0.2) is 37.6 Å². The molecule has 0 saturated carbocycles. The molecule has 1 unspecified atom stereocenters. The highest BCUT2D eigenvalue weighted by molar-refractivity contribution is 7.99. The van der Waals surface area contributed by atoms with Crippen LogP contribution in [0.25, 0.3) is 11.0 Å². The van der Waals surface area contributed by atoms with Crippen molar-refractivity contribution >= 4 is 28.8 Å². The van der Waals surface area contributed by atoms with Crippen molar-refractivity contribution in [2.45, 2.75) is 25.1 Å². The molecule has 0 aliphatic rings. The van der Waals surface area contributed by atoms with Crippen molar-refractivity contribution in [3.8, 4) is 0 Å². The fourth-order valence-electron chi connectivity index (χ4n) is 1.69. The van der Waals surface area contributed by atoms with Crippen molar-refractivity contribution in [1.29, 1.82) is 0 Å². The molecule has 6 heteroatoms. The van der Waals surface area contributed by atoms with Crippen LogP contribution in [0.5, 0.6) is 0 Å². The number of hydrogen-bond acceptors (Lipinski definition) is 4. The van der Waals surface area contributed by atoms with Crippen LogP contribution in [0.3, 0.4) is 0 Å². The van der Waals surface area contributed by atoms with Gasteiger partial charge in [-0.05, 0) is 30.9 Å². The van der Waals surface area contributed by atoms with E-state index in [9.17, 15) is 4.79 Å². The lowest BCUT2D eigenvalue weighted by Crippen LogP contribution is -2.06. The Morgan fingerprint density at radius 1 is 1.56 bits per heavy atom. The molecule has 96 valence electrons. The molecule has 18 heavy (non-hydrogen) atoms. The first kappa shape index (κ1) is 12.9. The summed E-state index contributed by atoms with van der Waals surface area (Å²) in [7, 11) is 0. The predicted octanol–water partition coefficient (Wildman–Crippen LogP) is 2.27. The largest absolute Gasteiger partial charge is 0.478 e. The molecule has 1 aromatic carbocycles. The van der Waals surface area contributed by atoms with Crippen molar-refractivity contribution in [1.82, 2.24) is 15.0 Å². The Morgan fingerprint density at radius 2 is 2.33 bits per heavy atom. The molecule has 0 fully saturated rings. The van der Waals surface area contributed by atoms with Crippen LogP contribution >= 0.6 is 11.8 Å². The van der Waals surface area contributed by atoms with E-state index in [1.165, 1.54) is 0 Å². The number of rotatable bonds is 5. The van der Waals surface area contributed by atoms with Crippen LogP contribution in [0.2, 0.25) is 0 Å². The fourth-order valence-corrected chi connectivity index (χ4v) is 2.03. The number of benzene rings is 1. The number of thioether (sulfide) groups is 1. The van der Waals surface area contributed by atoms with E-state index < -0.39 is 5.97 Å². The zero-order chi connectivity index (χ0) is 13.1. The average molecular weight is 265 g/mol. The summed E-state index contributed by atoms with van der Waals surface area (Å²) >= 11 is 1.80. The van der Waals surface area contributed by atoms with Crippen LogP contribution in [0.15, 0.2) is 18.2 Å². The monoisotopic (exact) mass is 265 g/mol. The normalized spacial score (nSPS) is 12.8. The zero-order valence-corrected chi connectivity index (χ0v) is 11.1. The lowest BCUT2D eigenvalue weighted by atomic mass is 10.2. The Morgan fingerprint density at radius 3 is 3.00 bits per heavy atom. The van der Waals surface area contributed by atoms with Gasteiger partial charge in [-0.15, -0.1) is 5.10 Å². The first-order valence-electron chi connectivity index (χ1n) is 5.71. The molecule has 1 aromatic heterocycles. The van der Waals surface area contributed by atoms with Gasteiger partial charge >= 0.3 is 5.97 Å². The van der Waals surface area contributed by atoms with Crippen LogP contribution in [0.1, 0.15) is 23.7 Å². The molecule has 2 rings (SSSR count). The van der Waals surface area contributed by atoms with Crippen molar-refractivity contribution in [2.75, 3.05) is 6.26 Å². The molecule has 0 spiro atoms. The minimum absolute atomic E-state index is 0.268. The number of carboxylic acids is 1. The Kier molecular flexibility index (Phi) is 3.86. The third-order valence-corrected chi connectivity index (χ3v) is 3.95. The number of carboxylic acid groups (broad SMARTS) is 1. The van der Waals surface area contributed by atoms with Gasteiger partial charge in [-0.3, -0.25) is 0 Å². The molecule has 1 N–H and O–H groups in total. The van der Waals surface area contributed by atoms with Crippen molar-refractivity contribution in [3.05, 3.63) is 23.8 Å². The molecule has 1 heterocycles. The summed E-state index contributed by atoms with van der Waals surface area (Å²) in [5.41, 5.74) is 1.78. The van der Waals surface area contributed by atoms with E-state index in [1.807, 2.05) is 0 Å². The van der Waals surface area contributed by atoms with Crippen molar-refractivity contribution in [2.24, 2.45) is 0 Å². The topological polar surface area (TPSA) is 68.0 Å². The maximum atomic E-state index is 10.9. The summed E-state index contributed by atoms with van der Waals surface area (Å²) in [6.45, 7) is 2.91. The van der Waals surface area contributed by atoms with E-state index in [0.29, 0.717) is 5.25 Å². The van der Waals surface area contributed by atoms with Gasteiger partial charge in [0.1, 0.15) is 5.52 Å². The first-order valence-corrected chi connectivity index (χ1v) is 7.00. The van der Waals surface area contributed by atoms with Crippen LogP contribution in [0.4, 0.5) is 0 Å². The highest BCUT2D eigenvalue weighted by Crippen LogP contribution is 2.16. The lowest BCUT2D eigenvalue weighted by Gasteiger charge is -2.07. The Balaban J connectivity index is 2.28. The number of carbonyl (C=O) groups is 1. The third kappa shape index (κ3) is 2.64. The second-order valence-electron chi connectivity index (χ2n) is 4.16. The Bertz CT molecular complexity index is 567. The van der Waals surface area contributed by atoms with E-state index in [0.717, 1.165) is 24.0 Å². The quantitative estimate of drug-likeness (QED) is 0.898. The van der Waals surface area contributed by atoms with Gasteiger partial charge in [0, 0.05) is 11.8 Å². The van der Waals surface area contributed by atoms with Gasteiger partial charge in [0.25, 0.3) is 0 Å². The maximum Gasteiger partial charge on any atom is 0.335 e. The number of aromatic nitrogens is 3. The van der Waals surface area contributed by atoms with Gasteiger partial charge < -0.3 is 5.11 Å². The summed E-state index contributed by atoms with van der Waals surface area (Å²) in [5, 5.41) is 17.6. The highest BCUT2D eigenvalue weighted by atomic mass is 32.2. The Labute approximate surface area is 109 Å². The SMILES string of the molecule is CSC(C)CCn1nnc2ccc(C(=O)O)cc21. The van der Waals surface area contributed by atoms with Crippen molar-refractivity contribution in [3.63, 3.8) is 0 Å². The molecule has 0 aliphatic heterocycles. The molecule has 0 bridgehead atoms. The lowest BCUT2D eigenvalue weighted by molar-refractivity contribution is 0.0697. The minimum Gasteiger partial charge on any atom is -0.478 e. The fraction of sp³-hybridized carbons (Fsp3) is 0.417. The van der Waals surface area contributed by atoms with Gasteiger partial charge in [-0.1, -0.05) is 12.1 Å². The second-order valence-corrected chi connectivity index (χ2v) is 5.43. The van der Waals surface area contributed by atoms with Crippen LogP contribution < -0.4 is 0 Å². The molecule has 0 radical (unpaired) electrons. The number of fused-ring (bicyclic) bond motifs is 1. The number of aryl methyl sites for hydroxylation is 1.